The predicted molar refractivity (Wildman–Crippen MR) is 95.0 cm³/mol. The maximum atomic E-state index is 12.4. The minimum Gasteiger partial charge on any atom is -0.454 e. The van der Waals surface area contributed by atoms with Gasteiger partial charge in [-0.2, -0.15) is 5.26 Å². The van der Waals surface area contributed by atoms with Crippen LogP contribution < -0.4 is 0 Å². The van der Waals surface area contributed by atoms with E-state index in [9.17, 15) is 9.59 Å². The van der Waals surface area contributed by atoms with E-state index in [1.54, 1.807) is 18.2 Å². The van der Waals surface area contributed by atoms with Crippen molar-refractivity contribution < 1.29 is 14.3 Å². The lowest BCUT2D eigenvalue weighted by Gasteiger charge is -2.09. The lowest BCUT2D eigenvalue weighted by atomic mass is 10.0. The van der Waals surface area contributed by atoms with Crippen LogP contribution in [0.2, 0.25) is 0 Å². The first-order chi connectivity index (χ1) is 11.5. The van der Waals surface area contributed by atoms with Gasteiger partial charge in [0, 0.05) is 15.5 Å². The highest BCUT2D eigenvalue weighted by molar-refractivity contribution is 7.12. The molecule has 2 aromatic heterocycles. The van der Waals surface area contributed by atoms with Gasteiger partial charge in [0.1, 0.15) is 5.92 Å². The molecule has 0 amide bonds. The van der Waals surface area contributed by atoms with E-state index in [0.717, 1.165) is 9.75 Å². The van der Waals surface area contributed by atoms with E-state index in [1.165, 1.54) is 29.6 Å². The number of carbonyl (C=O) groups is 2. The Kier molecular flexibility index (Phi) is 6.18. The van der Waals surface area contributed by atoms with Gasteiger partial charge < -0.3 is 10.1 Å². The van der Waals surface area contributed by atoms with Crippen molar-refractivity contribution in [2.45, 2.75) is 6.92 Å². The van der Waals surface area contributed by atoms with Gasteiger partial charge in [-0.25, -0.2) is 4.79 Å². The van der Waals surface area contributed by atoms with Crippen molar-refractivity contribution in [1.82, 2.24) is 0 Å². The molecule has 0 bridgehead atoms. The van der Waals surface area contributed by atoms with Crippen LogP contribution >= 0.6 is 22.7 Å². The van der Waals surface area contributed by atoms with Gasteiger partial charge in [0.2, 0.25) is 0 Å². The topological polar surface area (TPSA) is 91.0 Å². The normalized spacial score (nSPS) is 12.2. The van der Waals surface area contributed by atoms with Crippen LogP contribution in [-0.4, -0.2) is 24.1 Å². The van der Waals surface area contributed by atoms with Gasteiger partial charge in [-0.15, -0.1) is 22.7 Å². The lowest BCUT2D eigenvalue weighted by molar-refractivity contribution is -0.142. The van der Waals surface area contributed by atoms with Gasteiger partial charge in [-0.05, 0) is 35.9 Å². The van der Waals surface area contributed by atoms with Crippen molar-refractivity contribution in [1.29, 1.82) is 10.7 Å². The second kappa shape index (κ2) is 8.34. The third kappa shape index (κ3) is 4.47. The molecule has 0 aliphatic carbocycles. The predicted octanol–water partition coefficient (Wildman–Crippen LogP) is 3.64. The second-order valence-electron chi connectivity index (χ2n) is 4.84. The van der Waals surface area contributed by atoms with E-state index in [1.807, 2.05) is 29.0 Å². The van der Waals surface area contributed by atoms with E-state index in [2.05, 4.69) is 0 Å². The Morgan fingerprint density at radius 2 is 2.04 bits per heavy atom. The van der Waals surface area contributed by atoms with E-state index < -0.39 is 24.3 Å². The Balaban J connectivity index is 2.14. The molecule has 0 aliphatic rings. The summed E-state index contributed by atoms with van der Waals surface area (Å²) in [4.78, 5) is 25.9. The van der Waals surface area contributed by atoms with Crippen LogP contribution in [0.15, 0.2) is 35.0 Å². The van der Waals surface area contributed by atoms with Crippen molar-refractivity contribution >= 4 is 51.8 Å². The molecule has 7 heteroatoms. The molecule has 1 unspecified atom stereocenters. The average Bonchev–Trinajstić information content (AvgIpc) is 3.23. The van der Waals surface area contributed by atoms with Crippen LogP contribution in [0, 0.1) is 22.7 Å². The summed E-state index contributed by atoms with van der Waals surface area (Å²) in [6.07, 6.45) is 1.72. The second-order valence-corrected chi connectivity index (χ2v) is 6.77. The molecule has 122 valence electrons. The Morgan fingerprint density at radius 1 is 1.33 bits per heavy atom. The Bertz CT molecular complexity index is 800. The zero-order chi connectivity index (χ0) is 17.5. The molecule has 0 saturated heterocycles. The third-order valence-electron chi connectivity index (χ3n) is 3.07. The molecule has 2 rings (SSSR count). The molecule has 0 radical (unpaired) electrons. The molecule has 1 atom stereocenters. The molecule has 0 aromatic carbocycles. The summed E-state index contributed by atoms with van der Waals surface area (Å²) < 4.78 is 5.08. The van der Waals surface area contributed by atoms with Gasteiger partial charge >= 0.3 is 5.97 Å². The maximum Gasteiger partial charge on any atom is 0.340 e. The third-order valence-corrected chi connectivity index (χ3v) is 4.79. The molecule has 24 heavy (non-hydrogen) atoms. The molecule has 2 aromatic rings. The van der Waals surface area contributed by atoms with Crippen molar-refractivity contribution in [2.24, 2.45) is 5.92 Å². The van der Waals surface area contributed by atoms with Crippen molar-refractivity contribution in [3.8, 4) is 6.07 Å². The Hall–Kier alpha value is -2.56. The number of thiophene rings is 2. The van der Waals surface area contributed by atoms with Crippen LogP contribution in [0.3, 0.4) is 0 Å². The number of nitriles is 1. The highest BCUT2D eigenvalue weighted by Gasteiger charge is 2.23. The summed E-state index contributed by atoms with van der Waals surface area (Å²) in [6.45, 7) is 0.849. The molecular weight excluding hydrogens is 344 g/mol. The van der Waals surface area contributed by atoms with E-state index in [-0.39, 0.29) is 5.71 Å². The van der Waals surface area contributed by atoms with E-state index in [4.69, 9.17) is 15.4 Å². The zero-order valence-electron chi connectivity index (χ0n) is 12.8. The first-order valence-corrected chi connectivity index (χ1v) is 8.72. The summed E-state index contributed by atoms with van der Waals surface area (Å²) in [7, 11) is 0. The molecule has 0 aliphatic heterocycles. The van der Waals surface area contributed by atoms with E-state index in [0.29, 0.717) is 5.57 Å². The van der Waals surface area contributed by atoms with Gasteiger partial charge in [-0.1, -0.05) is 12.1 Å². The molecule has 1 N–H and O–H groups in total. The first kappa shape index (κ1) is 17.8. The molecule has 0 spiro atoms. The zero-order valence-corrected chi connectivity index (χ0v) is 14.4. The monoisotopic (exact) mass is 358 g/mol. The number of hydrogen-bond donors (Lipinski definition) is 1. The van der Waals surface area contributed by atoms with Crippen molar-refractivity contribution in [3.05, 3.63) is 44.8 Å². The first-order valence-electron chi connectivity index (χ1n) is 6.96. The number of nitrogens with one attached hydrogen (secondary N) is 1. The number of nitrogens with zero attached hydrogens (tertiary/aromatic N) is 1. The summed E-state index contributed by atoms with van der Waals surface area (Å²) >= 11 is 2.88. The summed E-state index contributed by atoms with van der Waals surface area (Å²) in [5.41, 5.74) is 0.298. The van der Waals surface area contributed by atoms with Gasteiger partial charge in [0.05, 0.1) is 11.6 Å². The van der Waals surface area contributed by atoms with Crippen LogP contribution in [0.1, 0.15) is 16.7 Å². The number of carbonyl (C=O) groups excluding carboxylic acids is 2. The number of Topliss-reactive ketones (excluding diaryl/α,β-unsaturated/α-hetero) is 1. The average molecular weight is 358 g/mol. The number of hydrogen-bond acceptors (Lipinski definition) is 7. The quantitative estimate of drug-likeness (QED) is 0.465. The Morgan fingerprint density at radius 3 is 2.58 bits per heavy atom. The minimum atomic E-state index is -1.18. The minimum absolute atomic E-state index is 0.0637. The molecule has 0 saturated carbocycles. The summed E-state index contributed by atoms with van der Waals surface area (Å²) in [6, 6.07) is 9.12. The lowest BCUT2D eigenvalue weighted by Crippen LogP contribution is -2.25. The van der Waals surface area contributed by atoms with E-state index >= 15 is 0 Å². The highest BCUT2D eigenvalue weighted by atomic mass is 32.1. The number of ketones is 1. The number of esters is 1. The smallest absolute Gasteiger partial charge is 0.340 e. The van der Waals surface area contributed by atoms with Gasteiger partial charge in [0.25, 0.3) is 0 Å². The summed E-state index contributed by atoms with van der Waals surface area (Å²) in [5.74, 6) is -2.40. The number of ether oxygens (including phenoxy) is 1. The molecule has 2 heterocycles. The van der Waals surface area contributed by atoms with Crippen LogP contribution in [0.25, 0.3) is 11.6 Å². The van der Waals surface area contributed by atoms with Gasteiger partial charge in [-0.3, -0.25) is 4.79 Å². The van der Waals surface area contributed by atoms with Crippen LogP contribution in [-0.2, 0) is 14.3 Å². The largest absolute Gasteiger partial charge is 0.454 e. The van der Waals surface area contributed by atoms with Crippen molar-refractivity contribution in [2.75, 3.05) is 6.61 Å². The van der Waals surface area contributed by atoms with Crippen LogP contribution in [0.5, 0.6) is 0 Å². The van der Waals surface area contributed by atoms with Gasteiger partial charge in [0.15, 0.2) is 12.4 Å². The fourth-order valence-corrected chi connectivity index (χ4v) is 3.27. The maximum absolute atomic E-state index is 12.4. The number of rotatable bonds is 7. The van der Waals surface area contributed by atoms with Crippen molar-refractivity contribution in [3.63, 3.8) is 0 Å². The summed E-state index contributed by atoms with van der Waals surface area (Å²) in [5, 5.41) is 20.1. The Labute approximate surface area is 147 Å². The van der Waals surface area contributed by atoms with Crippen LogP contribution in [0.4, 0.5) is 0 Å². The fraction of sp³-hybridized carbons (Fsp3) is 0.176. The molecular formula is C17H14N2O3S2. The SMILES string of the molecule is CC(=N)C(C#N)C(=O)COC(=O)/C(=C/c1cccs1)c1cccs1. The fourth-order valence-electron chi connectivity index (χ4n) is 1.89. The standard InChI is InChI=1S/C17H14N2O3S2/c1-11(19)14(9-18)15(20)10-22-17(21)13(16-5-3-7-24-16)8-12-4-2-6-23-12/h2-8,14,19H,10H2,1H3/b13-8+,19-11?. The molecule has 0 fully saturated rings. The molecule has 5 nitrogen and oxygen atoms in total. The highest BCUT2D eigenvalue weighted by Crippen LogP contribution is 2.25.